The highest BCUT2D eigenvalue weighted by atomic mass is 35.5. The summed E-state index contributed by atoms with van der Waals surface area (Å²) in [4.78, 5) is 10.1. The first-order chi connectivity index (χ1) is 8.40. The van der Waals surface area contributed by atoms with Crippen LogP contribution in [0.3, 0.4) is 0 Å². The molecule has 0 N–H and O–H groups in total. The maximum absolute atomic E-state index is 11.6. The fraction of sp³-hybridized carbons (Fsp3) is 0.400. The van der Waals surface area contributed by atoms with Crippen molar-refractivity contribution >= 4 is 27.3 Å². The van der Waals surface area contributed by atoms with Gasteiger partial charge in [-0.1, -0.05) is 11.6 Å². The van der Waals surface area contributed by atoms with Crippen molar-refractivity contribution in [3.63, 3.8) is 0 Å². The zero-order valence-corrected chi connectivity index (χ0v) is 10.9. The normalized spacial score (nSPS) is 18.9. The molecule has 0 bridgehead atoms. The third-order valence-electron chi connectivity index (χ3n) is 2.79. The van der Waals surface area contributed by atoms with E-state index in [1.165, 1.54) is 22.5 Å². The van der Waals surface area contributed by atoms with Crippen LogP contribution in [-0.4, -0.2) is 29.9 Å². The summed E-state index contributed by atoms with van der Waals surface area (Å²) in [5.74, 6) is 0.125. The summed E-state index contributed by atoms with van der Waals surface area (Å²) in [6.07, 6.45) is 0.578. The van der Waals surface area contributed by atoms with E-state index in [9.17, 15) is 18.5 Å². The number of nitro benzene ring substituents is 1. The summed E-state index contributed by atoms with van der Waals surface area (Å²) >= 11 is 5.93. The van der Waals surface area contributed by atoms with Crippen molar-refractivity contribution in [3.8, 4) is 0 Å². The fourth-order valence-electron chi connectivity index (χ4n) is 1.85. The summed E-state index contributed by atoms with van der Waals surface area (Å²) in [6.45, 7) is 0.518. The minimum absolute atomic E-state index is 0.0862. The SMILES string of the molecule is O=[N+]([O-])c1ccc(Cl)c(CN2CCCS2(=O)=O)c1. The second kappa shape index (κ2) is 4.83. The minimum Gasteiger partial charge on any atom is -0.258 e. The lowest BCUT2D eigenvalue weighted by Crippen LogP contribution is -2.25. The Morgan fingerprint density at radius 2 is 2.17 bits per heavy atom. The van der Waals surface area contributed by atoms with Crippen LogP contribution in [0.4, 0.5) is 5.69 Å². The van der Waals surface area contributed by atoms with E-state index in [0.29, 0.717) is 23.6 Å². The highest BCUT2D eigenvalue weighted by Crippen LogP contribution is 2.26. The molecule has 1 fully saturated rings. The monoisotopic (exact) mass is 290 g/mol. The van der Waals surface area contributed by atoms with Crippen molar-refractivity contribution in [1.82, 2.24) is 4.31 Å². The van der Waals surface area contributed by atoms with Gasteiger partial charge in [-0.05, 0) is 18.1 Å². The Hall–Kier alpha value is -1.18. The average molecular weight is 291 g/mol. The van der Waals surface area contributed by atoms with Gasteiger partial charge < -0.3 is 0 Å². The summed E-state index contributed by atoms with van der Waals surface area (Å²) in [6, 6.07) is 4.03. The molecule has 0 amide bonds. The van der Waals surface area contributed by atoms with Crippen LogP contribution in [0.25, 0.3) is 0 Å². The maximum atomic E-state index is 11.6. The predicted octanol–water partition coefficient (Wildman–Crippen LogP) is 1.78. The number of hydrogen-bond acceptors (Lipinski definition) is 4. The molecule has 1 aromatic carbocycles. The lowest BCUT2D eigenvalue weighted by molar-refractivity contribution is -0.384. The Balaban J connectivity index is 2.29. The number of halogens is 1. The van der Waals surface area contributed by atoms with E-state index in [0.717, 1.165) is 0 Å². The summed E-state index contributed by atoms with van der Waals surface area (Å²) < 4.78 is 24.6. The number of rotatable bonds is 3. The third-order valence-corrected chi connectivity index (χ3v) is 5.06. The molecular formula is C10H11ClN2O4S. The largest absolute Gasteiger partial charge is 0.269 e. The van der Waals surface area contributed by atoms with Crippen molar-refractivity contribution < 1.29 is 13.3 Å². The number of non-ortho nitro benzene ring substituents is 1. The van der Waals surface area contributed by atoms with Crippen LogP contribution in [0.2, 0.25) is 5.02 Å². The van der Waals surface area contributed by atoms with Gasteiger partial charge in [-0.3, -0.25) is 10.1 Å². The first-order valence-electron chi connectivity index (χ1n) is 5.31. The molecule has 1 saturated heterocycles. The first kappa shape index (κ1) is 13.3. The van der Waals surface area contributed by atoms with Gasteiger partial charge in [-0.2, -0.15) is 4.31 Å². The van der Waals surface area contributed by atoms with Crippen molar-refractivity contribution in [3.05, 3.63) is 38.9 Å². The van der Waals surface area contributed by atoms with E-state index in [1.54, 1.807) is 0 Å². The Kier molecular flexibility index (Phi) is 3.56. The molecule has 0 spiro atoms. The summed E-state index contributed by atoms with van der Waals surface area (Å²) in [5, 5.41) is 11.0. The molecule has 2 rings (SSSR count). The second-order valence-corrected chi connectivity index (χ2v) is 6.53. The van der Waals surface area contributed by atoms with Gasteiger partial charge in [0.05, 0.1) is 10.7 Å². The quantitative estimate of drug-likeness (QED) is 0.628. The molecular weight excluding hydrogens is 280 g/mol. The molecule has 1 aromatic rings. The second-order valence-electron chi connectivity index (χ2n) is 4.04. The number of benzene rings is 1. The van der Waals surface area contributed by atoms with Gasteiger partial charge in [-0.25, -0.2) is 8.42 Å². The van der Waals surface area contributed by atoms with Crippen LogP contribution in [0, 0.1) is 10.1 Å². The zero-order chi connectivity index (χ0) is 13.3. The molecule has 1 aliphatic rings. The van der Waals surface area contributed by atoms with E-state index in [-0.39, 0.29) is 18.0 Å². The van der Waals surface area contributed by atoms with Crippen molar-refractivity contribution in [2.75, 3.05) is 12.3 Å². The number of nitro groups is 1. The highest BCUT2D eigenvalue weighted by Gasteiger charge is 2.28. The Bertz CT molecular complexity index is 588. The molecule has 1 aliphatic heterocycles. The first-order valence-corrected chi connectivity index (χ1v) is 7.29. The minimum atomic E-state index is -3.23. The smallest absolute Gasteiger partial charge is 0.258 e. The standard InChI is InChI=1S/C10H11ClN2O4S/c11-10-3-2-9(13(14)15)6-8(10)7-12-4-1-5-18(12,16)17/h2-3,6H,1,4-5,7H2. The molecule has 6 nitrogen and oxygen atoms in total. The van der Waals surface area contributed by atoms with Crippen LogP contribution in [0.15, 0.2) is 18.2 Å². The molecule has 0 saturated carbocycles. The van der Waals surface area contributed by atoms with Gasteiger partial charge in [0.2, 0.25) is 10.0 Å². The highest BCUT2D eigenvalue weighted by molar-refractivity contribution is 7.89. The van der Waals surface area contributed by atoms with Crippen LogP contribution in [0.5, 0.6) is 0 Å². The van der Waals surface area contributed by atoms with Gasteiger partial charge in [0.1, 0.15) is 0 Å². The van der Waals surface area contributed by atoms with Gasteiger partial charge >= 0.3 is 0 Å². The molecule has 98 valence electrons. The molecule has 1 heterocycles. The molecule has 0 aliphatic carbocycles. The topological polar surface area (TPSA) is 80.5 Å². The Morgan fingerprint density at radius 3 is 2.72 bits per heavy atom. The van der Waals surface area contributed by atoms with Crippen LogP contribution in [0.1, 0.15) is 12.0 Å². The van der Waals surface area contributed by atoms with Crippen LogP contribution < -0.4 is 0 Å². The summed E-state index contributed by atoms with van der Waals surface area (Å²) in [7, 11) is -3.23. The molecule has 0 radical (unpaired) electrons. The summed E-state index contributed by atoms with van der Waals surface area (Å²) in [5.41, 5.74) is 0.363. The molecule has 18 heavy (non-hydrogen) atoms. The number of hydrogen-bond donors (Lipinski definition) is 0. The predicted molar refractivity (Wildman–Crippen MR) is 66.9 cm³/mol. The number of sulfonamides is 1. The average Bonchev–Trinajstić information content (AvgIpc) is 2.61. The lowest BCUT2D eigenvalue weighted by Gasteiger charge is -2.14. The molecule has 0 aromatic heterocycles. The van der Waals surface area contributed by atoms with Gasteiger partial charge in [0.25, 0.3) is 5.69 Å². The van der Waals surface area contributed by atoms with E-state index in [2.05, 4.69) is 0 Å². The van der Waals surface area contributed by atoms with Gasteiger partial charge in [-0.15, -0.1) is 0 Å². The maximum Gasteiger partial charge on any atom is 0.269 e. The Labute approximate surface area is 109 Å². The van der Waals surface area contributed by atoms with Crippen molar-refractivity contribution in [2.45, 2.75) is 13.0 Å². The molecule has 0 unspecified atom stereocenters. The van der Waals surface area contributed by atoms with Gasteiger partial charge in [0.15, 0.2) is 0 Å². The third kappa shape index (κ3) is 2.63. The molecule has 8 heteroatoms. The van der Waals surface area contributed by atoms with Crippen LogP contribution >= 0.6 is 11.6 Å². The van der Waals surface area contributed by atoms with Gasteiger partial charge in [0, 0.05) is 30.2 Å². The van der Waals surface area contributed by atoms with Crippen molar-refractivity contribution in [2.24, 2.45) is 0 Å². The van der Waals surface area contributed by atoms with E-state index < -0.39 is 14.9 Å². The lowest BCUT2D eigenvalue weighted by atomic mass is 10.2. The van der Waals surface area contributed by atoms with E-state index in [4.69, 9.17) is 11.6 Å². The van der Waals surface area contributed by atoms with E-state index in [1.807, 2.05) is 0 Å². The molecule has 0 atom stereocenters. The fourth-order valence-corrected chi connectivity index (χ4v) is 3.53. The van der Waals surface area contributed by atoms with Crippen LogP contribution in [-0.2, 0) is 16.6 Å². The van der Waals surface area contributed by atoms with E-state index >= 15 is 0 Å². The van der Waals surface area contributed by atoms with Crippen molar-refractivity contribution in [1.29, 1.82) is 0 Å². The number of nitrogens with zero attached hydrogens (tertiary/aromatic N) is 2. The Morgan fingerprint density at radius 1 is 1.44 bits per heavy atom. The zero-order valence-electron chi connectivity index (χ0n) is 9.37.